The van der Waals surface area contributed by atoms with Crippen LogP contribution in [0.15, 0.2) is 42.5 Å². The fourth-order valence-corrected chi connectivity index (χ4v) is 1.91. The maximum atomic E-state index is 13.2. The highest BCUT2D eigenvalue weighted by molar-refractivity contribution is 5.56. The van der Waals surface area contributed by atoms with E-state index in [4.69, 9.17) is 4.74 Å². The molecule has 3 heteroatoms. The van der Waals surface area contributed by atoms with E-state index in [1.807, 2.05) is 37.3 Å². The van der Waals surface area contributed by atoms with Gasteiger partial charge in [0.05, 0.1) is 12.3 Å². The minimum absolute atomic E-state index is 0.168. The smallest absolute Gasteiger partial charge is 0.142 e. The number of aryl methyl sites for hydroxylation is 1. The highest BCUT2D eigenvalue weighted by Crippen LogP contribution is 2.24. The van der Waals surface area contributed by atoms with Gasteiger partial charge in [0.25, 0.3) is 0 Å². The number of halogens is 1. The monoisotopic (exact) mass is 259 g/mol. The van der Waals surface area contributed by atoms with Crippen molar-refractivity contribution in [3.05, 3.63) is 59.4 Å². The first-order chi connectivity index (χ1) is 9.20. The number of rotatable bonds is 5. The Morgan fingerprint density at radius 1 is 1.16 bits per heavy atom. The summed E-state index contributed by atoms with van der Waals surface area (Å²) in [7, 11) is 0. The fraction of sp³-hybridized carbons (Fsp3) is 0.250. The van der Waals surface area contributed by atoms with Gasteiger partial charge in [0.2, 0.25) is 0 Å². The summed E-state index contributed by atoms with van der Waals surface area (Å²) in [6, 6.07) is 13.0. The third-order valence-electron chi connectivity index (χ3n) is 2.89. The molecule has 100 valence electrons. The molecule has 0 aromatic heterocycles. The molecule has 2 nitrogen and oxygen atoms in total. The van der Waals surface area contributed by atoms with Gasteiger partial charge in [-0.1, -0.05) is 24.3 Å². The molecule has 0 bridgehead atoms. The van der Waals surface area contributed by atoms with Crippen LogP contribution in [-0.4, -0.2) is 6.61 Å². The molecule has 0 aliphatic heterocycles. The maximum absolute atomic E-state index is 13.2. The molecule has 2 aromatic carbocycles. The quantitative estimate of drug-likeness (QED) is 0.871. The molecule has 0 radical (unpaired) electrons. The Balaban J connectivity index is 2.07. The molecule has 2 aromatic rings. The molecule has 0 amide bonds. The van der Waals surface area contributed by atoms with Gasteiger partial charge in [0.1, 0.15) is 11.6 Å². The Morgan fingerprint density at radius 2 is 1.95 bits per heavy atom. The van der Waals surface area contributed by atoms with Crippen LogP contribution < -0.4 is 10.1 Å². The zero-order chi connectivity index (χ0) is 13.7. The lowest BCUT2D eigenvalue weighted by molar-refractivity contribution is 0.341. The molecule has 0 saturated carbocycles. The summed E-state index contributed by atoms with van der Waals surface area (Å²) in [5.41, 5.74) is 2.66. The number of hydrogen-bond donors (Lipinski definition) is 1. The van der Waals surface area contributed by atoms with Crippen molar-refractivity contribution in [2.24, 2.45) is 0 Å². The lowest BCUT2D eigenvalue weighted by Gasteiger charge is -2.12. The number of hydrogen-bond acceptors (Lipinski definition) is 2. The topological polar surface area (TPSA) is 21.3 Å². The first-order valence-corrected chi connectivity index (χ1v) is 6.41. The van der Waals surface area contributed by atoms with E-state index in [0.29, 0.717) is 18.7 Å². The Hall–Kier alpha value is -2.03. The van der Waals surface area contributed by atoms with Crippen LogP contribution in [0.5, 0.6) is 5.75 Å². The molecule has 19 heavy (non-hydrogen) atoms. The summed E-state index contributed by atoms with van der Waals surface area (Å²) in [4.78, 5) is 0. The third-order valence-corrected chi connectivity index (χ3v) is 2.89. The molecule has 0 atom stereocenters. The van der Waals surface area contributed by atoms with Crippen molar-refractivity contribution in [2.75, 3.05) is 11.9 Å². The van der Waals surface area contributed by atoms with Crippen LogP contribution in [-0.2, 0) is 6.54 Å². The highest BCUT2D eigenvalue weighted by atomic mass is 19.1. The van der Waals surface area contributed by atoms with Gasteiger partial charge in [-0.15, -0.1) is 0 Å². The third kappa shape index (κ3) is 3.47. The summed E-state index contributed by atoms with van der Waals surface area (Å²) in [6.45, 7) is 5.01. The minimum Gasteiger partial charge on any atom is -0.492 e. The van der Waals surface area contributed by atoms with Crippen LogP contribution in [0.25, 0.3) is 0 Å². The van der Waals surface area contributed by atoms with E-state index in [-0.39, 0.29) is 5.82 Å². The summed E-state index contributed by atoms with van der Waals surface area (Å²) >= 11 is 0. The molecular formula is C16H18FNO. The molecule has 0 aliphatic rings. The van der Waals surface area contributed by atoms with Gasteiger partial charge in [0, 0.05) is 6.54 Å². The fourth-order valence-electron chi connectivity index (χ4n) is 1.91. The zero-order valence-electron chi connectivity index (χ0n) is 11.2. The van der Waals surface area contributed by atoms with E-state index in [0.717, 1.165) is 17.0 Å². The number of anilines is 1. The van der Waals surface area contributed by atoms with Crippen molar-refractivity contribution in [3.63, 3.8) is 0 Å². The minimum atomic E-state index is -0.168. The Bertz CT molecular complexity index is 554. The molecule has 0 aliphatic carbocycles. The molecule has 2 rings (SSSR count). The van der Waals surface area contributed by atoms with E-state index >= 15 is 0 Å². The second kappa shape index (κ2) is 6.23. The van der Waals surface area contributed by atoms with Gasteiger partial charge in [-0.3, -0.25) is 0 Å². The van der Waals surface area contributed by atoms with Crippen molar-refractivity contribution >= 4 is 5.69 Å². The van der Waals surface area contributed by atoms with Crippen molar-refractivity contribution < 1.29 is 9.13 Å². The van der Waals surface area contributed by atoms with E-state index in [9.17, 15) is 4.39 Å². The molecule has 0 saturated heterocycles. The van der Waals surface area contributed by atoms with E-state index < -0.39 is 0 Å². The van der Waals surface area contributed by atoms with Crippen LogP contribution in [0.2, 0.25) is 0 Å². The van der Waals surface area contributed by atoms with Crippen LogP contribution in [0.4, 0.5) is 10.1 Å². The average Bonchev–Trinajstić information content (AvgIpc) is 2.42. The molecule has 0 fully saturated rings. The molecule has 0 spiro atoms. The van der Waals surface area contributed by atoms with Crippen LogP contribution >= 0.6 is 0 Å². The lowest BCUT2D eigenvalue weighted by atomic mass is 10.1. The number of nitrogens with one attached hydrogen (secondary N) is 1. The summed E-state index contributed by atoms with van der Waals surface area (Å²) in [6.07, 6.45) is 0. The van der Waals surface area contributed by atoms with Gasteiger partial charge in [0.15, 0.2) is 0 Å². The molecule has 1 N–H and O–H groups in total. The van der Waals surface area contributed by atoms with Crippen LogP contribution in [0.1, 0.15) is 18.1 Å². The lowest BCUT2D eigenvalue weighted by Crippen LogP contribution is -2.03. The first kappa shape index (κ1) is 13.4. The average molecular weight is 259 g/mol. The predicted octanol–water partition coefficient (Wildman–Crippen LogP) is 4.14. The molecular weight excluding hydrogens is 241 g/mol. The number of benzene rings is 2. The first-order valence-electron chi connectivity index (χ1n) is 6.41. The normalized spacial score (nSPS) is 10.3. The Kier molecular flexibility index (Phi) is 4.39. The van der Waals surface area contributed by atoms with Gasteiger partial charge in [-0.2, -0.15) is 0 Å². The standard InChI is InChI=1S/C16H18FNO/c1-3-19-16-7-5-4-6-15(16)18-11-13-8-9-14(17)12(2)10-13/h4-10,18H,3,11H2,1-2H3. The van der Waals surface area contributed by atoms with Crippen molar-refractivity contribution in [1.29, 1.82) is 0 Å². The van der Waals surface area contributed by atoms with Crippen LogP contribution in [0, 0.1) is 12.7 Å². The van der Waals surface area contributed by atoms with Crippen LogP contribution in [0.3, 0.4) is 0 Å². The molecule has 0 heterocycles. The largest absolute Gasteiger partial charge is 0.492 e. The van der Waals surface area contributed by atoms with Crippen molar-refractivity contribution in [1.82, 2.24) is 0 Å². The molecule has 0 unspecified atom stereocenters. The van der Waals surface area contributed by atoms with E-state index in [1.165, 1.54) is 6.07 Å². The highest BCUT2D eigenvalue weighted by Gasteiger charge is 2.03. The van der Waals surface area contributed by atoms with Crippen molar-refractivity contribution in [3.8, 4) is 5.75 Å². The predicted molar refractivity (Wildman–Crippen MR) is 76.1 cm³/mol. The zero-order valence-corrected chi connectivity index (χ0v) is 11.2. The van der Waals surface area contributed by atoms with Gasteiger partial charge < -0.3 is 10.1 Å². The number of para-hydroxylation sites is 2. The summed E-state index contributed by atoms with van der Waals surface area (Å²) < 4.78 is 18.7. The van der Waals surface area contributed by atoms with Gasteiger partial charge in [-0.05, 0) is 43.2 Å². The van der Waals surface area contributed by atoms with Gasteiger partial charge >= 0.3 is 0 Å². The van der Waals surface area contributed by atoms with E-state index in [2.05, 4.69) is 5.32 Å². The van der Waals surface area contributed by atoms with Gasteiger partial charge in [-0.25, -0.2) is 4.39 Å². The van der Waals surface area contributed by atoms with Crippen molar-refractivity contribution in [2.45, 2.75) is 20.4 Å². The van der Waals surface area contributed by atoms with E-state index in [1.54, 1.807) is 13.0 Å². The second-order valence-electron chi connectivity index (χ2n) is 4.37. The Labute approximate surface area is 113 Å². The Morgan fingerprint density at radius 3 is 2.68 bits per heavy atom. The SMILES string of the molecule is CCOc1ccccc1NCc1ccc(F)c(C)c1. The second-order valence-corrected chi connectivity index (χ2v) is 4.37. The number of ether oxygens (including phenoxy) is 1. The summed E-state index contributed by atoms with van der Waals surface area (Å²) in [5, 5.41) is 3.31. The summed E-state index contributed by atoms with van der Waals surface area (Å²) in [5.74, 6) is 0.669. The maximum Gasteiger partial charge on any atom is 0.142 e.